The molecule has 8 heteroatoms. The summed E-state index contributed by atoms with van der Waals surface area (Å²) in [4.78, 5) is 12.1. The zero-order chi connectivity index (χ0) is 15.7. The van der Waals surface area contributed by atoms with Crippen molar-refractivity contribution in [2.45, 2.75) is 13.5 Å². The molecule has 1 aromatic carbocycles. The maximum absolute atomic E-state index is 12.1. The van der Waals surface area contributed by atoms with Gasteiger partial charge in [-0.3, -0.25) is 0 Å². The first-order valence-electron chi connectivity index (χ1n) is 6.52. The Morgan fingerprint density at radius 2 is 2.09 bits per heavy atom. The van der Waals surface area contributed by atoms with E-state index in [-0.39, 0.29) is 5.69 Å². The summed E-state index contributed by atoms with van der Waals surface area (Å²) in [5, 5.41) is 8.47. The zero-order valence-corrected chi connectivity index (χ0v) is 14.4. The van der Waals surface area contributed by atoms with Crippen molar-refractivity contribution in [3.8, 4) is 10.8 Å². The summed E-state index contributed by atoms with van der Waals surface area (Å²) in [5.74, 6) is 0. The molecular weight excluding hydrogens is 368 g/mol. The molecule has 2 heterocycles. The first-order chi connectivity index (χ1) is 10.6. The number of benzene rings is 1. The van der Waals surface area contributed by atoms with Gasteiger partial charge in [0.15, 0.2) is 5.06 Å². The second-order valence-electron chi connectivity index (χ2n) is 4.72. The van der Waals surface area contributed by atoms with Gasteiger partial charge in [0.1, 0.15) is 6.61 Å². The number of halogens is 1. The smallest absolute Gasteiger partial charge is 0.368 e. The second-order valence-corrected chi connectivity index (χ2v) is 7.14. The van der Waals surface area contributed by atoms with Crippen molar-refractivity contribution in [1.82, 2.24) is 19.8 Å². The third-order valence-corrected chi connectivity index (χ3v) is 4.78. The molecule has 0 bridgehead atoms. The lowest BCUT2D eigenvalue weighted by Crippen LogP contribution is -2.23. The molecule has 0 fully saturated rings. The topological polar surface area (TPSA) is 61.9 Å². The van der Waals surface area contributed by atoms with Gasteiger partial charge in [-0.15, -0.1) is 0 Å². The van der Waals surface area contributed by atoms with Crippen LogP contribution in [0.2, 0.25) is 0 Å². The van der Waals surface area contributed by atoms with Crippen molar-refractivity contribution < 1.29 is 4.74 Å². The average Bonchev–Trinajstić information content (AvgIpc) is 3.05. The number of rotatable bonds is 4. The highest BCUT2D eigenvalue weighted by Crippen LogP contribution is 2.30. The molecule has 3 rings (SSSR count). The molecular formula is C14H13BrN4O2S. The number of thiophene rings is 1. The largest absolute Gasteiger partial charge is 0.479 e. The second kappa shape index (κ2) is 6.05. The Bertz CT molecular complexity index is 868. The number of tetrazole rings is 1. The van der Waals surface area contributed by atoms with E-state index in [9.17, 15) is 4.79 Å². The van der Waals surface area contributed by atoms with Crippen LogP contribution in [0.15, 0.2) is 38.9 Å². The summed E-state index contributed by atoms with van der Waals surface area (Å²) < 4.78 is 9.32. The molecule has 0 aliphatic heterocycles. The summed E-state index contributed by atoms with van der Waals surface area (Å²) >= 11 is 4.92. The third-order valence-electron chi connectivity index (χ3n) is 3.24. The van der Waals surface area contributed by atoms with E-state index in [4.69, 9.17) is 4.74 Å². The van der Waals surface area contributed by atoms with Gasteiger partial charge in [0, 0.05) is 12.6 Å². The Morgan fingerprint density at radius 1 is 1.27 bits per heavy atom. The van der Waals surface area contributed by atoms with E-state index in [0.29, 0.717) is 12.3 Å². The van der Waals surface area contributed by atoms with Gasteiger partial charge in [0.05, 0.1) is 9.47 Å². The summed E-state index contributed by atoms with van der Waals surface area (Å²) in [6.07, 6.45) is 0. The first-order valence-corrected chi connectivity index (χ1v) is 8.13. The molecule has 0 unspecified atom stereocenters. The Hall–Kier alpha value is -1.93. The van der Waals surface area contributed by atoms with E-state index in [1.807, 2.05) is 37.3 Å². The van der Waals surface area contributed by atoms with Crippen molar-refractivity contribution in [1.29, 1.82) is 0 Å². The van der Waals surface area contributed by atoms with Crippen molar-refractivity contribution in [2.75, 3.05) is 0 Å². The molecule has 0 radical (unpaired) electrons. The minimum atomic E-state index is -0.286. The zero-order valence-electron chi connectivity index (χ0n) is 12.0. The number of aromatic nitrogens is 4. The lowest BCUT2D eigenvalue weighted by Gasteiger charge is -2.11. The lowest BCUT2D eigenvalue weighted by molar-refractivity contribution is 0.314. The number of hydrogen-bond acceptors (Lipinski definition) is 5. The quantitative estimate of drug-likeness (QED) is 0.697. The molecule has 114 valence electrons. The molecule has 0 N–H and O–H groups in total. The van der Waals surface area contributed by atoms with Gasteiger partial charge in [-0.25, -0.2) is 4.79 Å². The predicted molar refractivity (Wildman–Crippen MR) is 87.7 cm³/mol. The van der Waals surface area contributed by atoms with Crippen LogP contribution in [-0.2, 0) is 13.7 Å². The standard InChI is InChI=1S/C14H13BrN4O2S/c1-9-4-3-5-11(19-14(20)18(2)16-17-19)10(9)8-21-13-7-6-12(15)22-13/h3-7H,8H2,1-2H3. The molecule has 0 saturated carbocycles. The maximum atomic E-state index is 12.1. The van der Waals surface area contributed by atoms with Gasteiger partial charge in [0.2, 0.25) is 0 Å². The molecule has 3 aromatic rings. The SMILES string of the molecule is Cc1cccc(-n2nnn(C)c2=O)c1COc1ccc(Br)s1. The van der Waals surface area contributed by atoms with Crippen LogP contribution >= 0.6 is 27.3 Å². The molecule has 0 aliphatic carbocycles. The third kappa shape index (κ3) is 2.84. The van der Waals surface area contributed by atoms with Crippen molar-refractivity contribution in [3.05, 3.63) is 55.7 Å². The van der Waals surface area contributed by atoms with Crippen molar-refractivity contribution >= 4 is 27.3 Å². The van der Waals surface area contributed by atoms with Crippen LogP contribution in [0.3, 0.4) is 0 Å². The minimum absolute atomic E-state index is 0.286. The fraction of sp³-hybridized carbons (Fsp3) is 0.214. The van der Waals surface area contributed by atoms with Crippen LogP contribution in [-0.4, -0.2) is 19.8 Å². The monoisotopic (exact) mass is 380 g/mol. The fourth-order valence-electron chi connectivity index (χ4n) is 2.06. The Labute approximate surface area is 139 Å². The summed E-state index contributed by atoms with van der Waals surface area (Å²) in [7, 11) is 1.57. The highest BCUT2D eigenvalue weighted by Gasteiger charge is 2.13. The van der Waals surface area contributed by atoms with Crippen LogP contribution in [0.4, 0.5) is 0 Å². The van der Waals surface area contributed by atoms with Crippen LogP contribution < -0.4 is 10.4 Å². The highest BCUT2D eigenvalue weighted by atomic mass is 79.9. The van der Waals surface area contributed by atoms with E-state index < -0.39 is 0 Å². The van der Waals surface area contributed by atoms with Crippen molar-refractivity contribution in [2.24, 2.45) is 7.05 Å². The number of nitrogens with zero attached hydrogens (tertiary/aromatic N) is 4. The number of ether oxygens (including phenoxy) is 1. The van der Waals surface area contributed by atoms with E-state index in [1.54, 1.807) is 7.05 Å². The van der Waals surface area contributed by atoms with Crippen LogP contribution in [0.25, 0.3) is 5.69 Å². The molecule has 0 amide bonds. The molecule has 0 saturated heterocycles. The fourth-order valence-corrected chi connectivity index (χ4v) is 3.25. The number of hydrogen-bond donors (Lipinski definition) is 0. The number of aryl methyl sites for hydroxylation is 2. The molecule has 0 aliphatic rings. The molecule has 2 aromatic heterocycles. The van der Waals surface area contributed by atoms with Crippen LogP contribution in [0.5, 0.6) is 5.06 Å². The van der Waals surface area contributed by atoms with E-state index >= 15 is 0 Å². The van der Waals surface area contributed by atoms with Gasteiger partial charge in [-0.05, 0) is 57.0 Å². The minimum Gasteiger partial charge on any atom is -0.479 e. The van der Waals surface area contributed by atoms with Gasteiger partial charge < -0.3 is 4.74 Å². The van der Waals surface area contributed by atoms with Crippen LogP contribution in [0, 0.1) is 6.92 Å². The average molecular weight is 381 g/mol. The summed E-state index contributed by atoms with van der Waals surface area (Å²) in [6, 6.07) is 9.55. The molecule has 6 nitrogen and oxygen atoms in total. The molecule has 0 atom stereocenters. The highest BCUT2D eigenvalue weighted by molar-refractivity contribution is 9.11. The Balaban J connectivity index is 1.96. The van der Waals surface area contributed by atoms with Gasteiger partial charge in [0.25, 0.3) is 0 Å². The van der Waals surface area contributed by atoms with Crippen LogP contribution in [0.1, 0.15) is 11.1 Å². The lowest BCUT2D eigenvalue weighted by atomic mass is 10.1. The summed E-state index contributed by atoms with van der Waals surface area (Å²) in [6.45, 7) is 2.34. The van der Waals surface area contributed by atoms with Gasteiger partial charge in [-0.2, -0.15) is 9.36 Å². The predicted octanol–water partition coefficient (Wildman–Crippen LogP) is 2.68. The Morgan fingerprint density at radius 3 is 2.73 bits per heavy atom. The van der Waals surface area contributed by atoms with E-state index in [1.165, 1.54) is 20.7 Å². The molecule has 22 heavy (non-hydrogen) atoms. The normalized spacial score (nSPS) is 10.9. The summed E-state index contributed by atoms with van der Waals surface area (Å²) in [5.41, 5.74) is 2.35. The van der Waals surface area contributed by atoms with Gasteiger partial charge >= 0.3 is 5.69 Å². The van der Waals surface area contributed by atoms with Crippen molar-refractivity contribution in [3.63, 3.8) is 0 Å². The first kappa shape index (κ1) is 15.0. The maximum Gasteiger partial charge on any atom is 0.368 e. The van der Waals surface area contributed by atoms with E-state index in [0.717, 1.165) is 20.0 Å². The Kier molecular flexibility index (Phi) is 4.12. The van der Waals surface area contributed by atoms with E-state index in [2.05, 4.69) is 26.4 Å². The van der Waals surface area contributed by atoms with Gasteiger partial charge in [-0.1, -0.05) is 23.5 Å². The molecule has 0 spiro atoms.